The minimum atomic E-state index is -6.31. The van der Waals surface area contributed by atoms with Gasteiger partial charge in [-0.1, -0.05) is 0 Å². The average Bonchev–Trinajstić information content (AvgIpc) is 3.62. The van der Waals surface area contributed by atoms with Crippen molar-refractivity contribution >= 4 is 16.1 Å². The van der Waals surface area contributed by atoms with Gasteiger partial charge >= 0.3 is 27.3 Å². The number of rotatable bonds is 7. The van der Waals surface area contributed by atoms with E-state index in [9.17, 15) is 30.8 Å². The van der Waals surface area contributed by atoms with Crippen molar-refractivity contribution < 1.29 is 54.3 Å². The molecule has 0 radical (unpaired) electrons. The quantitative estimate of drug-likeness (QED) is 0.256. The molecule has 0 aromatic rings. The fraction of sp³-hybridized carbons (Fsp3) is 0.963. The Kier molecular flexibility index (Phi) is 5.93. The molecule has 1 saturated heterocycles. The van der Waals surface area contributed by atoms with Crippen LogP contribution in [-0.4, -0.2) is 65.9 Å². The highest BCUT2D eigenvalue weighted by atomic mass is 32.2. The van der Waals surface area contributed by atoms with E-state index < -0.39 is 68.2 Å². The number of esters is 1. The Hall–Kier alpha value is -1.02. The maximum atomic E-state index is 15.0. The zero-order chi connectivity index (χ0) is 28.5. The molecule has 7 atom stereocenters. The molecule has 40 heavy (non-hydrogen) atoms. The number of ether oxygens (including phenoxy) is 4. The van der Waals surface area contributed by atoms with E-state index >= 15 is 0 Å². The summed E-state index contributed by atoms with van der Waals surface area (Å²) in [7, 11) is -6.31. The minimum Gasteiger partial charge on any atom is -0.458 e. The fourth-order valence-electron chi connectivity index (χ4n) is 9.99. The standard InChI is InChI=1S/C27H36F4O8S/c1-23(4-2-3-5-23)37-20(32)13-36-24-10-14-6-16(11-24)25(17(7-14)12-24)38-21-15-8-18(22(21)39-25)19(9-15)26(28,29)27(30,31)40(33,34)35/h14-19,21-22H,2-13H2,1H3,(H,33,34,35). The second-order valence-corrected chi connectivity index (χ2v) is 15.4. The Balaban J connectivity index is 1.06. The topological polar surface area (TPSA) is 108 Å². The van der Waals surface area contributed by atoms with E-state index in [1.54, 1.807) is 0 Å². The number of alkyl halides is 4. The molecule has 1 heterocycles. The molecule has 8 nitrogen and oxygen atoms in total. The molecule has 0 amide bonds. The van der Waals surface area contributed by atoms with Crippen molar-refractivity contribution in [3.63, 3.8) is 0 Å². The first kappa shape index (κ1) is 27.8. The van der Waals surface area contributed by atoms with Crippen LogP contribution in [0.1, 0.15) is 77.6 Å². The first-order valence-corrected chi connectivity index (χ1v) is 16.0. The van der Waals surface area contributed by atoms with Gasteiger partial charge in [0.2, 0.25) is 0 Å². The number of halogens is 4. The first-order valence-electron chi connectivity index (χ1n) is 14.5. The molecule has 8 rings (SSSR count). The molecule has 13 heteroatoms. The van der Waals surface area contributed by atoms with Crippen molar-refractivity contribution in [3.05, 3.63) is 0 Å². The van der Waals surface area contributed by atoms with Crippen LogP contribution in [0.25, 0.3) is 0 Å². The summed E-state index contributed by atoms with van der Waals surface area (Å²) in [5.74, 6) is -9.60. The molecule has 6 bridgehead atoms. The third-order valence-corrected chi connectivity index (χ3v) is 12.4. The van der Waals surface area contributed by atoms with Crippen LogP contribution in [0.4, 0.5) is 17.6 Å². The Bertz CT molecular complexity index is 1170. The van der Waals surface area contributed by atoms with E-state index in [0.29, 0.717) is 18.8 Å². The first-order chi connectivity index (χ1) is 18.6. The van der Waals surface area contributed by atoms with Gasteiger partial charge in [-0.3, -0.25) is 4.55 Å². The van der Waals surface area contributed by atoms with Gasteiger partial charge in [0.1, 0.15) is 12.2 Å². The highest BCUT2D eigenvalue weighted by Gasteiger charge is 2.77. The van der Waals surface area contributed by atoms with Crippen LogP contribution in [0.5, 0.6) is 0 Å². The summed E-state index contributed by atoms with van der Waals surface area (Å²) < 4.78 is 115. The summed E-state index contributed by atoms with van der Waals surface area (Å²) in [5, 5.41) is -5.59. The molecule has 7 unspecified atom stereocenters. The van der Waals surface area contributed by atoms with Crippen LogP contribution in [0.2, 0.25) is 0 Å². The molecule has 1 N–H and O–H groups in total. The van der Waals surface area contributed by atoms with Crippen molar-refractivity contribution in [2.24, 2.45) is 35.5 Å². The van der Waals surface area contributed by atoms with Gasteiger partial charge < -0.3 is 18.9 Å². The van der Waals surface area contributed by atoms with Gasteiger partial charge in [0.25, 0.3) is 0 Å². The van der Waals surface area contributed by atoms with Crippen LogP contribution in [0, 0.1) is 35.5 Å². The Labute approximate surface area is 230 Å². The lowest BCUT2D eigenvalue weighted by Gasteiger charge is -2.62. The van der Waals surface area contributed by atoms with Crippen LogP contribution in [-0.2, 0) is 33.9 Å². The maximum Gasteiger partial charge on any atom is 0.431 e. The van der Waals surface area contributed by atoms with E-state index in [-0.39, 0.29) is 37.3 Å². The second-order valence-electron chi connectivity index (χ2n) is 13.9. The molecule has 7 saturated carbocycles. The van der Waals surface area contributed by atoms with E-state index in [1.807, 2.05) is 6.92 Å². The van der Waals surface area contributed by atoms with Crippen molar-refractivity contribution in [2.75, 3.05) is 6.61 Å². The van der Waals surface area contributed by atoms with Crippen molar-refractivity contribution in [1.82, 2.24) is 0 Å². The number of carbonyl (C=O) groups excluding carboxylic acids is 1. The second kappa shape index (κ2) is 8.54. The summed E-state index contributed by atoms with van der Waals surface area (Å²) in [6.07, 6.45) is 5.84. The van der Waals surface area contributed by atoms with Crippen molar-refractivity contribution in [2.45, 2.75) is 118 Å². The van der Waals surface area contributed by atoms with E-state index in [2.05, 4.69) is 0 Å². The van der Waals surface area contributed by atoms with Crippen LogP contribution in [0.3, 0.4) is 0 Å². The van der Waals surface area contributed by atoms with Crippen LogP contribution < -0.4 is 0 Å². The molecular formula is C27H36F4O8S. The van der Waals surface area contributed by atoms with E-state index in [0.717, 1.165) is 44.9 Å². The number of carbonyl (C=O) groups is 1. The largest absolute Gasteiger partial charge is 0.458 e. The van der Waals surface area contributed by atoms with Gasteiger partial charge in [-0.2, -0.15) is 26.0 Å². The molecule has 7 aliphatic carbocycles. The summed E-state index contributed by atoms with van der Waals surface area (Å²) in [6.45, 7) is 1.82. The lowest BCUT2D eigenvalue weighted by molar-refractivity contribution is -0.331. The van der Waals surface area contributed by atoms with Gasteiger partial charge in [0, 0.05) is 17.8 Å². The zero-order valence-corrected chi connectivity index (χ0v) is 23.1. The maximum absolute atomic E-state index is 15.0. The number of fused-ring (bicyclic) bond motifs is 5. The Morgan fingerprint density at radius 3 is 2.23 bits per heavy atom. The molecule has 226 valence electrons. The molecular weight excluding hydrogens is 560 g/mol. The number of hydrogen-bond donors (Lipinski definition) is 1. The highest BCUT2D eigenvalue weighted by Crippen LogP contribution is 2.69. The van der Waals surface area contributed by atoms with Gasteiger partial charge in [0.15, 0.2) is 5.79 Å². The minimum absolute atomic E-state index is 0.0923. The molecule has 1 aliphatic heterocycles. The Morgan fingerprint density at radius 1 is 0.975 bits per heavy atom. The Morgan fingerprint density at radius 2 is 1.60 bits per heavy atom. The van der Waals surface area contributed by atoms with Gasteiger partial charge in [0.05, 0.1) is 17.8 Å². The molecule has 8 fully saturated rings. The van der Waals surface area contributed by atoms with Crippen molar-refractivity contribution in [3.8, 4) is 0 Å². The predicted octanol–water partition coefficient (Wildman–Crippen LogP) is 4.71. The summed E-state index contributed by atoms with van der Waals surface area (Å²) in [5.41, 5.74) is -0.956. The SMILES string of the molecule is CC1(OC(=O)COC23CC4CC(C2)C2(OC5C6CC(C5O2)C(C(F)(F)C(F)(F)S(=O)(=O)O)C6)C(C4)C3)CCCC1. The van der Waals surface area contributed by atoms with Crippen molar-refractivity contribution in [1.29, 1.82) is 0 Å². The van der Waals surface area contributed by atoms with E-state index in [1.165, 1.54) is 0 Å². The van der Waals surface area contributed by atoms with E-state index in [4.69, 9.17) is 23.5 Å². The number of hydrogen-bond acceptors (Lipinski definition) is 7. The summed E-state index contributed by atoms with van der Waals surface area (Å²) >= 11 is 0. The lowest BCUT2D eigenvalue weighted by atomic mass is 9.51. The summed E-state index contributed by atoms with van der Waals surface area (Å²) in [6, 6.07) is 0. The average molecular weight is 597 g/mol. The summed E-state index contributed by atoms with van der Waals surface area (Å²) in [4.78, 5) is 12.6. The molecule has 1 spiro atoms. The lowest BCUT2D eigenvalue weighted by Crippen LogP contribution is -2.65. The van der Waals surface area contributed by atoms with Crippen LogP contribution in [0.15, 0.2) is 0 Å². The van der Waals surface area contributed by atoms with Crippen LogP contribution >= 0.6 is 0 Å². The van der Waals surface area contributed by atoms with Gasteiger partial charge in [-0.05, 0) is 95.3 Å². The third kappa shape index (κ3) is 3.82. The zero-order valence-electron chi connectivity index (χ0n) is 22.3. The van der Waals surface area contributed by atoms with Gasteiger partial charge in [-0.25, -0.2) is 4.79 Å². The fourth-order valence-corrected chi connectivity index (χ4v) is 10.5. The van der Waals surface area contributed by atoms with Gasteiger partial charge in [-0.15, -0.1) is 0 Å². The monoisotopic (exact) mass is 596 g/mol. The smallest absolute Gasteiger partial charge is 0.431 e. The molecule has 0 aromatic carbocycles. The third-order valence-electron chi connectivity index (χ3n) is 11.5. The molecule has 0 aromatic heterocycles. The predicted molar refractivity (Wildman–Crippen MR) is 129 cm³/mol. The normalized spacial score (nSPS) is 46.9. The highest BCUT2D eigenvalue weighted by molar-refractivity contribution is 7.87. The molecule has 8 aliphatic rings.